The van der Waals surface area contributed by atoms with E-state index in [-0.39, 0.29) is 0 Å². The zero-order chi connectivity index (χ0) is 36.1. The molecule has 1 aromatic heterocycles. The van der Waals surface area contributed by atoms with E-state index < -0.39 is 0 Å². The van der Waals surface area contributed by atoms with Crippen molar-refractivity contribution in [1.82, 2.24) is 0 Å². The average Bonchev–Trinajstić information content (AvgIpc) is 3.56. The first kappa shape index (κ1) is 33.0. The maximum Gasteiger partial charge on any atom is 0.0488 e. The first-order valence-corrected chi connectivity index (χ1v) is 19.3. The van der Waals surface area contributed by atoms with Crippen molar-refractivity contribution >= 4 is 75.8 Å². The Balaban J connectivity index is 1.25. The van der Waals surface area contributed by atoms with Crippen LogP contribution in [0.1, 0.15) is 33.4 Å². The van der Waals surface area contributed by atoms with Crippen molar-refractivity contribution in [2.45, 2.75) is 40.8 Å². The fraction of sp³-hybridized carbons (Fsp3) is 0.120. The average molecular weight is 703 g/mol. The Morgan fingerprint density at radius 2 is 0.642 bits per heavy atom. The Morgan fingerprint density at radius 1 is 0.358 bits per heavy atom. The maximum atomic E-state index is 2.50. The van der Waals surface area contributed by atoms with Crippen LogP contribution < -0.4 is 9.80 Å². The van der Waals surface area contributed by atoms with Crippen molar-refractivity contribution < 1.29 is 0 Å². The summed E-state index contributed by atoms with van der Waals surface area (Å²) in [4.78, 5) is 5.01. The topological polar surface area (TPSA) is 6.48 Å². The summed E-state index contributed by atoms with van der Waals surface area (Å²) in [6.07, 6.45) is 0. The summed E-state index contributed by atoms with van der Waals surface area (Å²) in [5, 5.41) is 7.98. The van der Waals surface area contributed by atoms with Crippen molar-refractivity contribution in [1.29, 1.82) is 0 Å². The predicted octanol–water partition coefficient (Wildman–Crippen LogP) is 14.3. The Labute approximate surface area is 316 Å². The van der Waals surface area contributed by atoms with Crippen LogP contribution in [0.5, 0.6) is 0 Å². The number of para-hydroxylation sites is 4. The molecule has 53 heavy (non-hydrogen) atoms. The van der Waals surface area contributed by atoms with Gasteiger partial charge in [-0.3, -0.25) is 0 Å². The van der Waals surface area contributed by atoms with Crippen molar-refractivity contribution in [2.24, 2.45) is 0 Å². The molecule has 0 aliphatic heterocycles. The van der Waals surface area contributed by atoms with E-state index in [0.717, 1.165) is 13.1 Å². The van der Waals surface area contributed by atoms with E-state index in [1.165, 1.54) is 97.8 Å². The van der Waals surface area contributed by atoms with Crippen LogP contribution in [0.3, 0.4) is 0 Å². The minimum Gasteiger partial charge on any atom is -0.337 e. The van der Waals surface area contributed by atoms with Crippen molar-refractivity contribution in [3.63, 3.8) is 0 Å². The number of hydrogen-bond acceptors (Lipinski definition) is 3. The van der Waals surface area contributed by atoms with Crippen LogP contribution in [0, 0.1) is 27.7 Å². The van der Waals surface area contributed by atoms with E-state index in [9.17, 15) is 0 Å². The molecule has 3 heteroatoms. The van der Waals surface area contributed by atoms with Gasteiger partial charge < -0.3 is 9.80 Å². The summed E-state index contributed by atoms with van der Waals surface area (Å²) >= 11 is 1.93. The number of anilines is 4. The fourth-order valence-corrected chi connectivity index (χ4v) is 9.57. The van der Waals surface area contributed by atoms with E-state index >= 15 is 0 Å². The highest BCUT2D eigenvalue weighted by Gasteiger charge is 2.22. The second-order valence-corrected chi connectivity index (χ2v) is 15.4. The van der Waals surface area contributed by atoms with E-state index in [1.54, 1.807) is 0 Å². The minimum atomic E-state index is 0.772. The third-order valence-electron chi connectivity index (χ3n) is 10.9. The molecule has 0 N–H and O–H groups in total. The number of thiophene rings is 1. The van der Waals surface area contributed by atoms with Gasteiger partial charge in [0.25, 0.3) is 0 Å². The monoisotopic (exact) mass is 702 g/mol. The van der Waals surface area contributed by atoms with Gasteiger partial charge in [-0.25, -0.2) is 0 Å². The third-order valence-corrected chi connectivity index (χ3v) is 12.0. The molecule has 0 aliphatic rings. The number of rotatable bonds is 8. The molecule has 0 saturated carbocycles. The van der Waals surface area contributed by atoms with Gasteiger partial charge in [-0.15, -0.1) is 11.3 Å². The Morgan fingerprint density at radius 3 is 0.962 bits per heavy atom. The van der Waals surface area contributed by atoms with Gasteiger partial charge in [0, 0.05) is 56.0 Å². The van der Waals surface area contributed by atoms with Crippen molar-refractivity contribution in [2.75, 3.05) is 9.80 Å². The molecular weight excluding hydrogens is 661 g/mol. The second-order valence-electron chi connectivity index (χ2n) is 14.3. The summed E-state index contributed by atoms with van der Waals surface area (Å²) in [5.74, 6) is 0. The molecule has 9 aromatic rings. The first-order chi connectivity index (χ1) is 26.0. The second kappa shape index (κ2) is 13.6. The lowest BCUT2D eigenvalue weighted by Gasteiger charge is -2.29. The van der Waals surface area contributed by atoms with Gasteiger partial charge in [-0.05, 0) is 119 Å². The molecule has 0 radical (unpaired) electrons. The fourth-order valence-electron chi connectivity index (χ4n) is 8.31. The van der Waals surface area contributed by atoms with Crippen LogP contribution in [0.25, 0.3) is 41.7 Å². The zero-order valence-electron chi connectivity index (χ0n) is 30.7. The number of aryl methyl sites for hydroxylation is 4. The molecule has 0 fully saturated rings. The molecule has 2 nitrogen and oxygen atoms in total. The summed E-state index contributed by atoms with van der Waals surface area (Å²) in [6.45, 7) is 10.4. The molecule has 0 atom stereocenters. The Hall–Kier alpha value is -5.90. The number of hydrogen-bond donors (Lipinski definition) is 0. The zero-order valence-corrected chi connectivity index (χ0v) is 31.5. The SMILES string of the molecule is Cc1ccccc1N(Cc1cc2sc3cc(CN(c4ccccc4C)c4ccccc4C)c4ccccc4c3c2c2ccccc12)c1ccccc1C. The molecule has 0 spiro atoms. The minimum absolute atomic E-state index is 0.772. The molecule has 0 saturated heterocycles. The smallest absolute Gasteiger partial charge is 0.0488 e. The lowest BCUT2D eigenvalue weighted by atomic mass is 9.94. The van der Waals surface area contributed by atoms with E-state index in [0.29, 0.717) is 0 Å². The van der Waals surface area contributed by atoms with Gasteiger partial charge in [0.1, 0.15) is 0 Å². The molecule has 258 valence electrons. The van der Waals surface area contributed by atoms with E-state index in [1.807, 2.05) is 11.3 Å². The highest BCUT2D eigenvalue weighted by molar-refractivity contribution is 7.26. The molecule has 0 amide bonds. The van der Waals surface area contributed by atoms with Crippen molar-refractivity contribution in [3.8, 4) is 0 Å². The molecule has 8 aromatic carbocycles. The molecule has 9 rings (SSSR count). The molecular formula is C50H42N2S. The first-order valence-electron chi connectivity index (χ1n) is 18.5. The van der Waals surface area contributed by atoms with Crippen LogP contribution in [-0.2, 0) is 13.1 Å². The number of benzene rings is 8. The van der Waals surface area contributed by atoms with E-state index in [4.69, 9.17) is 0 Å². The molecule has 0 unspecified atom stereocenters. The van der Waals surface area contributed by atoms with Crippen molar-refractivity contribution in [3.05, 3.63) is 191 Å². The van der Waals surface area contributed by atoms with Crippen LogP contribution in [-0.4, -0.2) is 0 Å². The van der Waals surface area contributed by atoms with Crippen LogP contribution in [0.4, 0.5) is 22.7 Å². The van der Waals surface area contributed by atoms with Crippen LogP contribution in [0.2, 0.25) is 0 Å². The normalized spacial score (nSPS) is 11.5. The van der Waals surface area contributed by atoms with Gasteiger partial charge in [0.2, 0.25) is 0 Å². The lowest BCUT2D eigenvalue weighted by Crippen LogP contribution is -2.18. The standard InChI is InChI=1S/C50H42N2S/c1-33-17-5-13-25-43(33)51(44-26-14-6-18-34(44)2)31-37-29-47-49(41-23-11-9-21-39(37)41)50-42-24-12-10-22-40(42)38(30-48(50)53-47)32-52(45-27-15-7-19-35(45)3)46-28-16-8-20-36(46)4/h5-30H,31-32H2,1-4H3. The Kier molecular flexibility index (Phi) is 8.45. The molecule has 1 heterocycles. The summed E-state index contributed by atoms with van der Waals surface area (Å²) < 4.78 is 2.67. The van der Waals surface area contributed by atoms with Gasteiger partial charge in [0.15, 0.2) is 0 Å². The molecule has 0 aliphatic carbocycles. The third kappa shape index (κ3) is 5.82. The highest BCUT2D eigenvalue weighted by Crippen LogP contribution is 2.46. The number of fused-ring (bicyclic) bond motifs is 7. The van der Waals surface area contributed by atoms with Gasteiger partial charge in [-0.2, -0.15) is 0 Å². The lowest BCUT2D eigenvalue weighted by molar-refractivity contribution is 0.972. The van der Waals surface area contributed by atoms with Crippen LogP contribution in [0.15, 0.2) is 158 Å². The quantitative estimate of drug-likeness (QED) is 0.156. The van der Waals surface area contributed by atoms with E-state index in [2.05, 4.69) is 195 Å². The molecule has 0 bridgehead atoms. The largest absolute Gasteiger partial charge is 0.337 e. The van der Waals surface area contributed by atoms with Gasteiger partial charge in [-0.1, -0.05) is 121 Å². The number of nitrogens with zero attached hydrogens (tertiary/aromatic N) is 2. The Bertz CT molecular complexity index is 2530. The maximum absolute atomic E-state index is 2.50. The predicted molar refractivity (Wildman–Crippen MR) is 231 cm³/mol. The van der Waals surface area contributed by atoms with Gasteiger partial charge in [0.05, 0.1) is 0 Å². The van der Waals surface area contributed by atoms with Gasteiger partial charge >= 0.3 is 0 Å². The summed E-state index contributed by atoms with van der Waals surface area (Å²) in [6, 6.07) is 58.1. The highest BCUT2D eigenvalue weighted by atomic mass is 32.1. The summed E-state index contributed by atoms with van der Waals surface area (Å²) in [7, 11) is 0. The van der Waals surface area contributed by atoms with Crippen LogP contribution >= 0.6 is 11.3 Å². The summed E-state index contributed by atoms with van der Waals surface area (Å²) in [5.41, 5.74) is 12.7.